The molecule has 0 spiro atoms. The minimum absolute atomic E-state index is 0.0331. The Kier molecular flexibility index (Phi) is 7.09. The molecule has 4 heterocycles. The Balaban J connectivity index is 1.29. The Morgan fingerprint density at radius 2 is 1.95 bits per heavy atom. The second kappa shape index (κ2) is 10.4. The van der Waals surface area contributed by atoms with Gasteiger partial charge in [-0.1, -0.05) is 12.1 Å². The van der Waals surface area contributed by atoms with Gasteiger partial charge in [0.2, 0.25) is 0 Å². The highest BCUT2D eigenvalue weighted by Gasteiger charge is 2.45. The van der Waals surface area contributed by atoms with Crippen molar-refractivity contribution in [3.8, 4) is 0 Å². The normalized spacial score (nSPS) is 21.8. The van der Waals surface area contributed by atoms with Crippen LogP contribution in [0.2, 0.25) is 0 Å². The number of rotatable bonds is 7. The average Bonchev–Trinajstić information content (AvgIpc) is 3.48. The molecule has 3 aliphatic rings. The van der Waals surface area contributed by atoms with Gasteiger partial charge in [-0.2, -0.15) is 13.2 Å². The topological polar surface area (TPSA) is 83.7 Å². The third-order valence-corrected chi connectivity index (χ3v) is 8.70. The number of hydrogen-bond acceptors (Lipinski definition) is 6. The molecule has 8 nitrogen and oxygen atoms in total. The van der Waals surface area contributed by atoms with Gasteiger partial charge in [0.15, 0.2) is 0 Å². The van der Waals surface area contributed by atoms with E-state index in [0.29, 0.717) is 25.3 Å². The summed E-state index contributed by atoms with van der Waals surface area (Å²) in [6, 6.07) is 9.65. The van der Waals surface area contributed by atoms with Crippen LogP contribution in [0.5, 0.6) is 0 Å². The molecule has 2 aromatic carbocycles. The molecule has 3 aliphatic heterocycles. The van der Waals surface area contributed by atoms with E-state index in [1.54, 1.807) is 23.4 Å². The van der Waals surface area contributed by atoms with Crippen molar-refractivity contribution in [3.63, 3.8) is 0 Å². The van der Waals surface area contributed by atoms with Crippen LogP contribution < -0.4 is 4.90 Å². The zero-order valence-electron chi connectivity index (χ0n) is 22.9. The largest absolute Gasteiger partial charge is 0.416 e. The molecule has 1 atom stereocenters. The van der Waals surface area contributed by atoms with Gasteiger partial charge in [0.25, 0.3) is 11.8 Å². The third kappa shape index (κ3) is 5.07. The number of carbonyl (C=O) groups excluding carboxylic acids is 1. The molecule has 1 N–H and O–H groups in total. The van der Waals surface area contributed by atoms with E-state index in [9.17, 15) is 31.9 Å². The fourth-order valence-corrected chi connectivity index (χ4v) is 6.15. The molecule has 2 fully saturated rings. The van der Waals surface area contributed by atoms with Gasteiger partial charge >= 0.3 is 6.18 Å². The van der Waals surface area contributed by atoms with Crippen molar-refractivity contribution in [2.75, 3.05) is 37.8 Å². The first-order chi connectivity index (χ1) is 19.9. The Hall–Kier alpha value is -3.42. The van der Waals surface area contributed by atoms with Crippen molar-refractivity contribution in [2.24, 2.45) is 13.0 Å². The van der Waals surface area contributed by atoms with Crippen molar-refractivity contribution in [3.05, 3.63) is 76.4 Å². The van der Waals surface area contributed by atoms with E-state index >= 15 is 0 Å². The minimum atomic E-state index is -4.72. The number of aromatic nitrogens is 3. The number of anilines is 1. The molecule has 3 aromatic rings. The lowest BCUT2D eigenvalue weighted by atomic mass is 9.75. The summed E-state index contributed by atoms with van der Waals surface area (Å²) in [5.74, 6) is -4.13. The first kappa shape index (κ1) is 28.7. The van der Waals surface area contributed by atoms with Gasteiger partial charge < -0.3 is 19.3 Å². The van der Waals surface area contributed by atoms with Crippen LogP contribution in [0.15, 0.2) is 42.7 Å². The average molecular weight is 592 g/mol. The number of likely N-dealkylation sites (tertiary alicyclic amines) is 1. The van der Waals surface area contributed by atoms with Crippen LogP contribution in [-0.4, -0.2) is 69.5 Å². The molecule has 0 aliphatic carbocycles. The molecule has 1 amide bonds. The van der Waals surface area contributed by atoms with Crippen LogP contribution in [0.25, 0.3) is 0 Å². The zero-order valence-corrected chi connectivity index (χ0v) is 22.9. The van der Waals surface area contributed by atoms with Gasteiger partial charge in [-0.25, -0.2) is 8.78 Å². The number of piperidine rings is 1. The predicted molar refractivity (Wildman–Crippen MR) is 141 cm³/mol. The van der Waals surface area contributed by atoms with Gasteiger partial charge in [0, 0.05) is 56.2 Å². The van der Waals surface area contributed by atoms with Gasteiger partial charge in [0.1, 0.15) is 12.2 Å². The van der Waals surface area contributed by atoms with Crippen LogP contribution in [-0.2, 0) is 42.9 Å². The second-order valence-corrected chi connectivity index (χ2v) is 11.5. The van der Waals surface area contributed by atoms with E-state index in [1.165, 1.54) is 11.0 Å². The molecular weight excluding hydrogens is 561 g/mol. The third-order valence-electron chi connectivity index (χ3n) is 8.70. The highest BCUT2D eigenvalue weighted by Crippen LogP contribution is 2.42. The highest BCUT2D eigenvalue weighted by atomic mass is 19.4. The van der Waals surface area contributed by atoms with Gasteiger partial charge in [-0.3, -0.25) is 9.69 Å². The zero-order chi connectivity index (χ0) is 29.9. The molecule has 0 saturated carbocycles. The minimum Gasteiger partial charge on any atom is -0.396 e. The summed E-state index contributed by atoms with van der Waals surface area (Å²) in [5, 5.41) is 17.5. The summed E-state index contributed by atoms with van der Waals surface area (Å²) in [6.45, 7) is -0.348. The molecule has 6 rings (SSSR count). The van der Waals surface area contributed by atoms with Crippen LogP contribution in [0.1, 0.15) is 44.9 Å². The lowest BCUT2D eigenvalue weighted by Gasteiger charge is -2.42. The number of aliphatic hydroxyl groups excluding tert-OH is 1. The molecule has 224 valence electrons. The maximum atomic E-state index is 14.3. The molecule has 0 bridgehead atoms. The number of alkyl halides is 5. The highest BCUT2D eigenvalue weighted by molar-refractivity contribution is 6.10. The summed E-state index contributed by atoms with van der Waals surface area (Å²) < 4.78 is 78.3. The van der Waals surface area contributed by atoms with Crippen LogP contribution in [0.3, 0.4) is 0 Å². The van der Waals surface area contributed by atoms with Crippen LogP contribution in [0.4, 0.5) is 27.6 Å². The van der Waals surface area contributed by atoms with E-state index < -0.39 is 47.9 Å². The molecular formula is C29H30F5N5O3. The predicted octanol–water partition coefficient (Wildman–Crippen LogP) is 3.95. The Morgan fingerprint density at radius 1 is 1.17 bits per heavy atom. The summed E-state index contributed by atoms with van der Waals surface area (Å²) in [7, 11) is 1.84. The molecule has 1 aromatic heterocycles. The van der Waals surface area contributed by atoms with Crippen molar-refractivity contribution >= 4 is 11.6 Å². The Morgan fingerprint density at radius 3 is 2.60 bits per heavy atom. The maximum Gasteiger partial charge on any atom is 0.416 e. The Labute approximate surface area is 238 Å². The molecule has 13 heteroatoms. The number of amides is 1. The molecule has 42 heavy (non-hydrogen) atoms. The van der Waals surface area contributed by atoms with Crippen LogP contribution >= 0.6 is 0 Å². The van der Waals surface area contributed by atoms with Gasteiger partial charge in [-0.15, -0.1) is 10.2 Å². The number of aryl methyl sites for hydroxylation is 1. The van der Waals surface area contributed by atoms with Crippen molar-refractivity contribution < 1.29 is 36.6 Å². The number of hydrogen-bond donors (Lipinski definition) is 1. The van der Waals surface area contributed by atoms with Crippen molar-refractivity contribution in [1.82, 2.24) is 19.7 Å². The molecule has 2 saturated heterocycles. The second-order valence-electron chi connectivity index (χ2n) is 11.5. The smallest absolute Gasteiger partial charge is 0.396 e. The van der Waals surface area contributed by atoms with Gasteiger partial charge in [0.05, 0.1) is 37.8 Å². The van der Waals surface area contributed by atoms with E-state index in [4.69, 9.17) is 4.74 Å². The number of ether oxygens (including phenoxy) is 1. The fraction of sp³-hybridized carbons (Fsp3) is 0.483. The summed E-state index contributed by atoms with van der Waals surface area (Å²) in [4.78, 5) is 16.6. The first-order valence-corrected chi connectivity index (χ1v) is 13.7. The van der Waals surface area contributed by atoms with Crippen molar-refractivity contribution in [2.45, 2.75) is 43.4 Å². The SMILES string of the molecule is Cn1cnnc1CC1(c2cccc(N3Cc4c(cc(CN5CCC(F)(F)[C@@H](CO)C5)cc4C(F)(F)F)C3=O)c2)COC1. The fourth-order valence-electron chi connectivity index (χ4n) is 6.15. The first-order valence-electron chi connectivity index (χ1n) is 13.7. The van der Waals surface area contributed by atoms with Crippen molar-refractivity contribution in [1.29, 1.82) is 0 Å². The Bertz CT molecular complexity index is 1500. The van der Waals surface area contributed by atoms with Crippen LogP contribution in [0, 0.1) is 5.92 Å². The number of fused-ring (bicyclic) bond motifs is 1. The molecule has 0 radical (unpaired) electrons. The van der Waals surface area contributed by atoms with E-state index in [-0.39, 0.29) is 42.9 Å². The maximum absolute atomic E-state index is 14.3. The summed E-state index contributed by atoms with van der Waals surface area (Å²) in [5.41, 5.74) is 0.0870. The summed E-state index contributed by atoms with van der Waals surface area (Å²) in [6.07, 6.45) is -3.06. The molecule has 0 unspecified atom stereocenters. The van der Waals surface area contributed by atoms with E-state index in [0.717, 1.165) is 17.5 Å². The lowest BCUT2D eigenvalue weighted by Crippen LogP contribution is -2.49. The lowest BCUT2D eigenvalue weighted by molar-refractivity contribution is -0.138. The number of carbonyl (C=O) groups is 1. The van der Waals surface area contributed by atoms with E-state index in [2.05, 4.69) is 10.2 Å². The van der Waals surface area contributed by atoms with E-state index in [1.807, 2.05) is 23.7 Å². The number of halogens is 5. The standard InChI is InChI=1S/C29H30F5N5O3/c1-37-17-35-36-25(37)10-27(15-42-16-27)19-3-2-4-21(9-19)39-13-23-22(26(39)41)7-18(8-24(23)29(32,33)34)11-38-6-5-28(30,31)20(12-38)14-40/h2-4,7-9,17,20,40H,5-6,10-16H2,1H3/t20-/m1/s1. The monoisotopic (exact) mass is 591 g/mol. The summed E-state index contributed by atoms with van der Waals surface area (Å²) >= 11 is 0. The number of aliphatic hydroxyl groups is 1. The number of benzene rings is 2. The number of nitrogens with zero attached hydrogens (tertiary/aromatic N) is 5. The quantitative estimate of drug-likeness (QED) is 0.419. The van der Waals surface area contributed by atoms with Gasteiger partial charge in [-0.05, 0) is 41.0 Å².